The van der Waals surface area contributed by atoms with E-state index in [0.29, 0.717) is 16.4 Å². The maximum absolute atomic E-state index is 12.7. The number of fused-ring (bicyclic) bond motifs is 1. The average Bonchev–Trinajstić information content (AvgIpc) is 3.32. The second kappa shape index (κ2) is 10.1. The van der Waals surface area contributed by atoms with Gasteiger partial charge in [0.2, 0.25) is 0 Å². The highest BCUT2D eigenvalue weighted by Gasteiger charge is 2.53. The third-order valence-electron chi connectivity index (χ3n) is 6.99. The third-order valence-corrected chi connectivity index (χ3v) is 10.9. The van der Waals surface area contributed by atoms with Crippen LogP contribution in [0.25, 0.3) is 30.3 Å². The standard InChI is InChI=1S/C29H23ClN2O4S3/c1-15-25(31-28(35)36-16(2)19-5-3-4-6-20(19)30)26(39-32-15)18-9-7-17(8-10-18)21-13-22-23(37-21)14-24(38-22)29(11-12-29)27(33)34/h3-10,13-14,16H,11-12H2,1-2H3,(H,31,35)(H,33,34)/t16-/m1/s1. The number of hydrogen-bond acceptors (Lipinski definition) is 7. The lowest BCUT2D eigenvalue weighted by atomic mass is 10.1. The average molecular weight is 595 g/mol. The Kier molecular flexibility index (Phi) is 6.71. The van der Waals surface area contributed by atoms with Gasteiger partial charge in [-0.25, -0.2) is 4.79 Å². The van der Waals surface area contributed by atoms with Crippen LogP contribution in [0, 0.1) is 6.92 Å². The Bertz CT molecular complexity index is 1680. The molecular formula is C29H23ClN2O4S3. The third kappa shape index (κ3) is 4.84. The number of hydrogen-bond donors (Lipinski definition) is 2. The van der Waals surface area contributed by atoms with Crippen molar-refractivity contribution in [1.82, 2.24) is 4.37 Å². The van der Waals surface area contributed by atoms with E-state index in [0.717, 1.165) is 53.6 Å². The molecule has 39 heavy (non-hydrogen) atoms. The Hall–Kier alpha value is -3.24. The first-order chi connectivity index (χ1) is 18.7. The van der Waals surface area contributed by atoms with Crippen LogP contribution in [0.2, 0.25) is 5.02 Å². The molecule has 0 aliphatic heterocycles. The van der Waals surface area contributed by atoms with Crippen LogP contribution in [-0.4, -0.2) is 21.5 Å². The molecule has 3 heterocycles. The monoisotopic (exact) mass is 594 g/mol. The minimum Gasteiger partial charge on any atom is -0.481 e. The van der Waals surface area contributed by atoms with Crippen molar-refractivity contribution >= 4 is 73.0 Å². The lowest BCUT2D eigenvalue weighted by molar-refractivity contribution is -0.139. The van der Waals surface area contributed by atoms with Crippen molar-refractivity contribution in [2.45, 2.75) is 38.2 Å². The van der Waals surface area contributed by atoms with Crippen molar-refractivity contribution in [3.63, 3.8) is 0 Å². The number of aryl methyl sites for hydroxylation is 1. The summed E-state index contributed by atoms with van der Waals surface area (Å²) >= 11 is 10.8. The molecule has 1 aliphatic carbocycles. The normalized spacial score (nSPS) is 14.7. The quantitative estimate of drug-likeness (QED) is 0.196. The molecule has 2 aromatic carbocycles. The Balaban J connectivity index is 1.18. The molecule has 198 valence electrons. The molecule has 1 aliphatic rings. The zero-order valence-electron chi connectivity index (χ0n) is 21.0. The summed E-state index contributed by atoms with van der Waals surface area (Å²) in [5.41, 5.74) is 3.44. The summed E-state index contributed by atoms with van der Waals surface area (Å²) in [4.78, 5) is 27.4. The fourth-order valence-corrected chi connectivity index (χ4v) is 8.35. The van der Waals surface area contributed by atoms with Crippen molar-refractivity contribution in [1.29, 1.82) is 0 Å². The zero-order valence-corrected chi connectivity index (χ0v) is 24.2. The number of thiophene rings is 2. The number of amides is 1. The number of nitrogens with one attached hydrogen (secondary N) is 1. The first kappa shape index (κ1) is 26.0. The minimum absolute atomic E-state index is 0.510. The number of aliphatic carboxylic acids is 1. The summed E-state index contributed by atoms with van der Waals surface area (Å²) < 4.78 is 12.3. The predicted molar refractivity (Wildman–Crippen MR) is 160 cm³/mol. The molecule has 6 nitrogen and oxygen atoms in total. The lowest BCUT2D eigenvalue weighted by Gasteiger charge is -2.16. The molecule has 1 atom stereocenters. The predicted octanol–water partition coefficient (Wildman–Crippen LogP) is 9.14. The van der Waals surface area contributed by atoms with Gasteiger partial charge in [-0.15, -0.1) is 22.7 Å². The van der Waals surface area contributed by atoms with Crippen molar-refractivity contribution < 1.29 is 19.4 Å². The summed E-state index contributed by atoms with van der Waals surface area (Å²) in [7, 11) is 0. The van der Waals surface area contributed by atoms with Gasteiger partial charge in [-0.3, -0.25) is 10.1 Å². The number of rotatable bonds is 7. The number of aromatic nitrogens is 1. The zero-order chi connectivity index (χ0) is 27.3. The van der Waals surface area contributed by atoms with Gasteiger partial charge in [0, 0.05) is 29.7 Å². The number of benzene rings is 2. The van der Waals surface area contributed by atoms with Crippen LogP contribution < -0.4 is 5.32 Å². The highest BCUT2D eigenvalue weighted by atomic mass is 35.5. The first-order valence-corrected chi connectivity index (χ1v) is 15.1. The number of carboxylic acids is 1. The van der Waals surface area contributed by atoms with E-state index in [1.54, 1.807) is 35.7 Å². The molecular weight excluding hydrogens is 572 g/mol. The van der Waals surface area contributed by atoms with Crippen LogP contribution in [0.4, 0.5) is 10.5 Å². The van der Waals surface area contributed by atoms with E-state index in [-0.39, 0.29) is 0 Å². The summed E-state index contributed by atoms with van der Waals surface area (Å²) in [6, 6.07) is 19.6. The van der Waals surface area contributed by atoms with Gasteiger partial charge >= 0.3 is 12.1 Å². The highest BCUT2D eigenvalue weighted by Crippen LogP contribution is 2.53. The number of carbonyl (C=O) groups is 2. The van der Waals surface area contributed by atoms with Crippen molar-refractivity contribution in [3.05, 3.63) is 81.8 Å². The van der Waals surface area contributed by atoms with Gasteiger partial charge in [-0.2, -0.15) is 4.37 Å². The number of halogens is 1. The highest BCUT2D eigenvalue weighted by molar-refractivity contribution is 7.29. The molecule has 0 unspecified atom stereocenters. The molecule has 0 radical (unpaired) electrons. The smallest absolute Gasteiger partial charge is 0.412 e. The van der Waals surface area contributed by atoms with Crippen LogP contribution in [0.1, 0.15) is 42.0 Å². The molecule has 1 fully saturated rings. The van der Waals surface area contributed by atoms with Gasteiger partial charge in [-0.05, 0) is 67.5 Å². The van der Waals surface area contributed by atoms with Crippen LogP contribution in [0.3, 0.4) is 0 Å². The summed E-state index contributed by atoms with van der Waals surface area (Å²) in [6.07, 6.45) is 0.355. The Labute approximate surface area is 242 Å². The Morgan fingerprint density at radius 1 is 1.05 bits per heavy atom. The van der Waals surface area contributed by atoms with E-state index in [2.05, 4.69) is 27.9 Å². The molecule has 1 saturated carbocycles. The van der Waals surface area contributed by atoms with Gasteiger partial charge in [-0.1, -0.05) is 54.1 Å². The molecule has 1 amide bonds. The second-order valence-electron chi connectivity index (χ2n) is 9.58. The number of ether oxygens (including phenoxy) is 1. The fraction of sp³-hybridized carbons (Fsp3) is 0.207. The molecule has 2 N–H and O–H groups in total. The van der Waals surface area contributed by atoms with Crippen LogP contribution in [0.5, 0.6) is 0 Å². The molecule has 5 aromatic rings. The van der Waals surface area contributed by atoms with Crippen LogP contribution in [0.15, 0.2) is 60.7 Å². The Morgan fingerprint density at radius 2 is 1.74 bits per heavy atom. The minimum atomic E-state index is -0.720. The number of carboxylic acid groups (broad SMARTS) is 1. The molecule has 10 heteroatoms. The maximum Gasteiger partial charge on any atom is 0.412 e. The fourth-order valence-electron chi connectivity index (χ4n) is 4.56. The van der Waals surface area contributed by atoms with E-state index in [1.807, 2.05) is 43.3 Å². The van der Waals surface area contributed by atoms with E-state index in [4.69, 9.17) is 16.3 Å². The maximum atomic E-state index is 12.7. The van der Waals surface area contributed by atoms with Gasteiger partial charge in [0.25, 0.3) is 0 Å². The number of carbonyl (C=O) groups excluding carboxylic acids is 1. The van der Waals surface area contributed by atoms with Crippen molar-refractivity contribution in [3.8, 4) is 20.9 Å². The van der Waals surface area contributed by atoms with E-state index >= 15 is 0 Å². The molecule has 0 bridgehead atoms. The van der Waals surface area contributed by atoms with E-state index in [9.17, 15) is 14.7 Å². The van der Waals surface area contributed by atoms with Gasteiger partial charge in [0.15, 0.2) is 0 Å². The largest absolute Gasteiger partial charge is 0.481 e. The topological polar surface area (TPSA) is 88.5 Å². The Morgan fingerprint density at radius 3 is 2.41 bits per heavy atom. The number of anilines is 1. The molecule has 6 rings (SSSR count). The van der Waals surface area contributed by atoms with E-state index < -0.39 is 23.6 Å². The summed E-state index contributed by atoms with van der Waals surface area (Å²) in [5, 5.41) is 13.0. The summed E-state index contributed by atoms with van der Waals surface area (Å²) in [6.45, 7) is 3.63. The first-order valence-electron chi connectivity index (χ1n) is 12.3. The second-order valence-corrected chi connectivity index (χ2v) is 12.9. The van der Waals surface area contributed by atoms with Crippen molar-refractivity contribution in [2.75, 3.05) is 5.32 Å². The van der Waals surface area contributed by atoms with Crippen LogP contribution >= 0.6 is 45.8 Å². The van der Waals surface area contributed by atoms with Gasteiger partial charge < -0.3 is 9.84 Å². The molecule has 3 aromatic heterocycles. The SMILES string of the molecule is Cc1nsc(-c2ccc(-c3cc4sc(C5(C(=O)O)CC5)cc4s3)cc2)c1NC(=O)O[C@H](C)c1ccccc1Cl. The van der Waals surface area contributed by atoms with Gasteiger partial charge in [0.05, 0.1) is 16.3 Å². The molecule has 0 saturated heterocycles. The van der Waals surface area contributed by atoms with Gasteiger partial charge in [0.1, 0.15) is 11.5 Å². The van der Waals surface area contributed by atoms with Crippen molar-refractivity contribution in [2.24, 2.45) is 0 Å². The lowest BCUT2D eigenvalue weighted by Crippen LogP contribution is -2.17. The summed E-state index contributed by atoms with van der Waals surface area (Å²) in [5.74, 6) is -0.720. The molecule has 0 spiro atoms. The number of nitrogens with zero attached hydrogens (tertiary/aromatic N) is 1. The van der Waals surface area contributed by atoms with Crippen LogP contribution in [-0.2, 0) is 14.9 Å². The van der Waals surface area contributed by atoms with E-state index in [1.165, 1.54) is 11.5 Å².